The van der Waals surface area contributed by atoms with Crippen molar-refractivity contribution in [3.8, 4) is 0 Å². The van der Waals surface area contributed by atoms with Gasteiger partial charge in [-0.05, 0) is 33.6 Å². The molecule has 4 heteroatoms. The largest absolute Gasteiger partial charge is 0.444 e. The summed E-state index contributed by atoms with van der Waals surface area (Å²) < 4.78 is 18.8. The third kappa shape index (κ3) is 2.30. The van der Waals surface area contributed by atoms with Crippen molar-refractivity contribution in [3.05, 3.63) is 0 Å². The van der Waals surface area contributed by atoms with E-state index in [0.717, 1.165) is 19.3 Å². The van der Waals surface area contributed by atoms with Gasteiger partial charge in [0.2, 0.25) is 0 Å². The van der Waals surface area contributed by atoms with E-state index < -0.39 is 11.8 Å². The van der Waals surface area contributed by atoms with E-state index in [1.807, 2.05) is 20.8 Å². The standard InChI is InChI=1S/C12H20FNO2/c1-12(2,3)16-11(15)14-7-5-4-6-8-9(13)10(8)14/h8-10H,4-7H2,1-3H3/t8-,9-,10-/m0/s1. The topological polar surface area (TPSA) is 29.5 Å². The lowest BCUT2D eigenvalue weighted by atomic mass is 10.2. The third-order valence-electron chi connectivity index (χ3n) is 3.21. The van der Waals surface area contributed by atoms with E-state index in [1.165, 1.54) is 0 Å². The van der Waals surface area contributed by atoms with E-state index in [9.17, 15) is 9.18 Å². The predicted octanol–water partition coefficient (Wildman–Crippen LogP) is 2.74. The Labute approximate surface area is 95.9 Å². The molecule has 0 radical (unpaired) electrons. The number of hydrogen-bond donors (Lipinski definition) is 0. The summed E-state index contributed by atoms with van der Waals surface area (Å²) in [5.74, 6) is 0.0648. The van der Waals surface area contributed by atoms with Gasteiger partial charge in [-0.2, -0.15) is 0 Å². The van der Waals surface area contributed by atoms with Crippen molar-refractivity contribution in [3.63, 3.8) is 0 Å². The summed E-state index contributed by atoms with van der Waals surface area (Å²) in [4.78, 5) is 13.5. The zero-order chi connectivity index (χ0) is 11.9. The maximum atomic E-state index is 13.5. The maximum absolute atomic E-state index is 13.5. The fraction of sp³-hybridized carbons (Fsp3) is 0.917. The van der Waals surface area contributed by atoms with E-state index in [1.54, 1.807) is 4.90 Å². The monoisotopic (exact) mass is 229 g/mol. The van der Waals surface area contributed by atoms with Gasteiger partial charge >= 0.3 is 6.09 Å². The maximum Gasteiger partial charge on any atom is 0.410 e. The molecule has 92 valence electrons. The molecule has 0 spiro atoms. The van der Waals surface area contributed by atoms with Crippen molar-refractivity contribution in [1.82, 2.24) is 4.90 Å². The van der Waals surface area contributed by atoms with Gasteiger partial charge in [-0.15, -0.1) is 0 Å². The molecule has 1 heterocycles. The number of ether oxygens (including phenoxy) is 1. The van der Waals surface area contributed by atoms with Crippen LogP contribution in [-0.2, 0) is 4.74 Å². The van der Waals surface area contributed by atoms with Gasteiger partial charge in [0.15, 0.2) is 0 Å². The van der Waals surface area contributed by atoms with Crippen LogP contribution in [0.5, 0.6) is 0 Å². The van der Waals surface area contributed by atoms with Crippen LogP contribution in [0.15, 0.2) is 0 Å². The number of carbonyl (C=O) groups is 1. The van der Waals surface area contributed by atoms with E-state index in [0.29, 0.717) is 6.54 Å². The second-order valence-electron chi connectivity index (χ2n) is 5.77. The highest BCUT2D eigenvalue weighted by molar-refractivity contribution is 5.69. The third-order valence-corrected chi connectivity index (χ3v) is 3.21. The molecule has 0 aromatic rings. The normalized spacial score (nSPS) is 34.0. The van der Waals surface area contributed by atoms with E-state index in [-0.39, 0.29) is 18.1 Å². The summed E-state index contributed by atoms with van der Waals surface area (Å²) in [5.41, 5.74) is -0.500. The number of alkyl halides is 1. The Hall–Kier alpha value is -0.800. The minimum absolute atomic E-state index is 0.0648. The second kappa shape index (κ2) is 3.90. The van der Waals surface area contributed by atoms with Crippen LogP contribution in [0.3, 0.4) is 0 Å². The Balaban J connectivity index is 1.99. The average molecular weight is 229 g/mol. The molecule has 16 heavy (non-hydrogen) atoms. The molecule has 0 N–H and O–H groups in total. The fourth-order valence-corrected chi connectivity index (χ4v) is 2.39. The van der Waals surface area contributed by atoms with Crippen molar-refractivity contribution in [1.29, 1.82) is 0 Å². The number of halogens is 1. The molecule has 2 rings (SSSR count). The lowest BCUT2D eigenvalue weighted by molar-refractivity contribution is 0.0217. The number of nitrogens with zero attached hydrogens (tertiary/aromatic N) is 1. The van der Waals surface area contributed by atoms with Gasteiger partial charge in [0, 0.05) is 12.5 Å². The number of fused-ring (bicyclic) bond motifs is 1. The van der Waals surface area contributed by atoms with Crippen LogP contribution in [0.1, 0.15) is 40.0 Å². The molecule has 1 aliphatic heterocycles. The number of amides is 1. The van der Waals surface area contributed by atoms with Crippen LogP contribution in [-0.4, -0.2) is 35.4 Å². The van der Waals surface area contributed by atoms with Gasteiger partial charge in [0.25, 0.3) is 0 Å². The highest BCUT2D eigenvalue weighted by atomic mass is 19.1. The molecule has 1 aliphatic carbocycles. The minimum atomic E-state index is -0.826. The summed E-state index contributed by atoms with van der Waals surface area (Å²) in [5, 5.41) is 0. The molecule has 1 saturated heterocycles. The molecule has 3 nitrogen and oxygen atoms in total. The lowest BCUT2D eigenvalue weighted by Crippen LogP contribution is -2.39. The van der Waals surface area contributed by atoms with Crippen LogP contribution in [0.4, 0.5) is 9.18 Å². The first-order valence-electron chi connectivity index (χ1n) is 6.04. The Morgan fingerprint density at radius 1 is 1.38 bits per heavy atom. The molecule has 2 fully saturated rings. The molecule has 0 bridgehead atoms. The van der Waals surface area contributed by atoms with Crippen LogP contribution in [0.25, 0.3) is 0 Å². The molecule has 0 aromatic heterocycles. The van der Waals surface area contributed by atoms with Gasteiger partial charge in [0.1, 0.15) is 11.8 Å². The van der Waals surface area contributed by atoms with E-state index in [4.69, 9.17) is 4.74 Å². The van der Waals surface area contributed by atoms with Crippen molar-refractivity contribution in [2.24, 2.45) is 5.92 Å². The van der Waals surface area contributed by atoms with Crippen molar-refractivity contribution < 1.29 is 13.9 Å². The van der Waals surface area contributed by atoms with Crippen molar-refractivity contribution in [2.75, 3.05) is 6.54 Å². The number of hydrogen-bond acceptors (Lipinski definition) is 2. The molecule has 3 atom stereocenters. The number of likely N-dealkylation sites (tertiary alicyclic amines) is 1. The van der Waals surface area contributed by atoms with Crippen LogP contribution >= 0.6 is 0 Å². The van der Waals surface area contributed by atoms with Crippen LogP contribution in [0, 0.1) is 5.92 Å². The number of rotatable bonds is 0. The van der Waals surface area contributed by atoms with Crippen molar-refractivity contribution >= 4 is 6.09 Å². The molecule has 2 aliphatic rings. The van der Waals surface area contributed by atoms with Gasteiger partial charge in [-0.1, -0.05) is 6.42 Å². The quantitative estimate of drug-likeness (QED) is 0.639. The summed E-state index contributed by atoms with van der Waals surface area (Å²) in [7, 11) is 0. The van der Waals surface area contributed by atoms with Gasteiger partial charge in [0.05, 0.1) is 6.04 Å². The first-order valence-corrected chi connectivity index (χ1v) is 6.04. The SMILES string of the molecule is CC(C)(C)OC(=O)N1CCCC[C@H]2[C@H](F)[C@H]21. The van der Waals surface area contributed by atoms with Crippen LogP contribution < -0.4 is 0 Å². The van der Waals surface area contributed by atoms with E-state index in [2.05, 4.69) is 0 Å². The first kappa shape index (κ1) is 11.7. The summed E-state index contributed by atoms with van der Waals surface area (Å²) in [6.45, 7) is 6.14. The lowest BCUT2D eigenvalue weighted by Gasteiger charge is -2.26. The molecule has 0 unspecified atom stereocenters. The number of carbonyl (C=O) groups excluding carboxylic acids is 1. The average Bonchev–Trinajstić information content (AvgIpc) is 2.79. The zero-order valence-electron chi connectivity index (χ0n) is 10.2. The van der Waals surface area contributed by atoms with Gasteiger partial charge in [-0.25, -0.2) is 9.18 Å². The Morgan fingerprint density at radius 3 is 2.69 bits per heavy atom. The summed E-state index contributed by atoms with van der Waals surface area (Å²) in [6.07, 6.45) is 1.70. The minimum Gasteiger partial charge on any atom is -0.444 e. The summed E-state index contributed by atoms with van der Waals surface area (Å²) >= 11 is 0. The van der Waals surface area contributed by atoms with E-state index >= 15 is 0 Å². The van der Waals surface area contributed by atoms with Crippen molar-refractivity contribution in [2.45, 2.75) is 57.8 Å². The van der Waals surface area contributed by atoms with Gasteiger partial charge < -0.3 is 9.64 Å². The fourth-order valence-electron chi connectivity index (χ4n) is 2.39. The summed E-state index contributed by atoms with van der Waals surface area (Å²) in [6, 6.07) is -0.211. The molecular formula is C12H20FNO2. The Bertz CT molecular complexity index is 287. The first-order chi connectivity index (χ1) is 7.40. The molecular weight excluding hydrogens is 209 g/mol. The molecule has 1 amide bonds. The van der Waals surface area contributed by atoms with Gasteiger partial charge in [-0.3, -0.25) is 0 Å². The Kier molecular flexibility index (Phi) is 2.84. The van der Waals surface area contributed by atoms with Crippen LogP contribution in [0.2, 0.25) is 0 Å². The highest BCUT2D eigenvalue weighted by Gasteiger charge is 2.56. The zero-order valence-corrected chi connectivity index (χ0v) is 10.2. The highest BCUT2D eigenvalue weighted by Crippen LogP contribution is 2.45. The molecule has 0 aromatic carbocycles. The molecule has 1 saturated carbocycles. The smallest absolute Gasteiger partial charge is 0.410 e. The Morgan fingerprint density at radius 2 is 2.06 bits per heavy atom. The predicted molar refractivity (Wildman–Crippen MR) is 59.0 cm³/mol. The second-order valence-corrected chi connectivity index (χ2v) is 5.77.